The van der Waals surface area contributed by atoms with Gasteiger partial charge in [-0.2, -0.15) is 0 Å². The summed E-state index contributed by atoms with van der Waals surface area (Å²) in [6.07, 6.45) is 1.74. The van der Waals surface area contributed by atoms with Crippen molar-refractivity contribution < 1.29 is 9.53 Å². The Bertz CT molecular complexity index is 795. The Morgan fingerprint density at radius 3 is 2.15 bits per heavy atom. The first-order valence-corrected chi connectivity index (χ1v) is 11.8. The van der Waals surface area contributed by atoms with Crippen molar-refractivity contribution in [3.8, 4) is 0 Å². The Morgan fingerprint density at radius 1 is 0.939 bits per heavy atom. The fraction of sp³-hybridized carbons (Fsp3) is 0.500. The molecule has 1 heterocycles. The number of ketones is 1. The summed E-state index contributed by atoms with van der Waals surface area (Å²) in [5.41, 5.74) is 1.99. The molecule has 0 spiro atoms. The minimum atomic E-state index is 0. The predicted molar refractivity (Wildman–Crippen MR) is 142 cm³/mol. The van der Waals surface area contributed by atoms with Crippen LogP contribution in [-0.2, 0) is 4.74 Å². The van der Waals surface area contributed by atoms with E-state index in [2.05, 4.69) is 54.0 Å². The minimum absolute atomic E-state index is 0. The van der Waals surface area contributed by atoms with Crippen molar-refractivity contribution in [2.75, 3.05) is 45.9 Å². The van der Waals surface area contributed by atoms with Crippen molar-refractivity contribution in [3.05, 3.63) is 70.7 Å². The number of piperazine rings is 1. The molecule has 0 radical (unpaired) electrons. The van der Waals surface area contributed by atoms with Crippen LogP contribution in [0.15, 0.2) is 54.6 Å². The van der Waals surface area contributed by atoms with Gasteiger partial charge in [0.15, 0.2) is 5.78 Å². The first-order chi connectivity index (χ1) is 15.0. The molecule has 4 nitrogen and oxygen atoms in total. The van der Waals surface area contributed by atoms with Gasteiger partial charge in [0, 0.05) is 62.9 Å². The van der Waals surface area contributed by atoms with Gasteiger partial charge in [-0.25, -0.2) is 0 Å². The molecule has 1 fully saturated rings. The number of carbonyl (C=O) groups excluding carboxylic acids is 1. The van der Waals surface area contributed by atoms with Crippen LogP contribution in [0.2, 0.25) is 5.02 Å². The van der Waals surface area contributed by atoms with E-state index in [0.29, 0.717) is 17.4 Å². The van der Waals surface area contributed by atoms with Crippen LogP contribution in [0, 0.1) is 5.92 Å². The Morgan fingerprint density at radius 2 is 1.55 bits per heavy atom. The molecule has 1 unspecified atom stereocenters. The second kappa shape index (κ2) is 15.7. The van der Waals surface area contributed by atoms with Crippen molar-refractivity contribution >= 4 is 42.2 Å². The molecule has 184 valence electrons. The normalized spacial score (nSPS) is 15.5. The summed E-state index contributed by atoms with van der Waals surface area (Å²) in [7, 11) is 0. The van der Waals surface area contributed by atoms with E-state index in [0.717, 1.165) is 57.9 Å². The third-order valence-corrected chi connectivity index (χ3v) is 6.15. The molecule has 2 aromatic rings. The molecule has 1 saturated heterocycles. The fourth-order valence-electron chi connectivity index (χ4n) is 3.84. The molecule has 3 rings (SSSR count). The highest BCUT2D eigenvalue weighted by atomic mass is 35.5. The largest absolute Gasteiger partial charge is 0.372 e. The monoisotopic (exact) mass is 514 g/mol. The number of rotatable bonds is 11. The molecule has 0 N–H and O–H groups in total. The van der Waals surface area contributed by atoms with E-state index < -0.39 is 0 Å². The summed E-state index contributed by atoms with van der Waals surface area (Å²) in [6.45, 7) is 11.0. The van der Waals surface area contributed by atoms with Crippen LogP contribution in [0.1, 0.15) is 48.7 Å². The van der Waals surface area contributed by atoms with Gasteiger partial charge in [0.2, 0.25) is 0 Å². The van der Waals surface area contributed by atoms with Crippen molar-refractivity contribution in [1.29, 1.82) is 0 Å². The van der Waals surface area contributed by atoms with E-state index in [-0.39, 0.29) is 36.7 Å². The van der Waals surface area contributed by atoms with Gasteiger partial charge in [-0.05, 0) is 42.2 Å². The average Bonchev–Trinajstić information content (AvgIpc) is 2.78. The second-order valence-electron chi connectivity index (χ2n) is 8.77. The van der Waals surface area contributed by atoms with Crippen molar-refractivity contribution in [1.82, 2.24) is 9.80 Å². The lowest BCUT2D eigenvalue weighted by Crippen LogP contribution is -2.48. The highest BCUT2D eigenvalue weighted by Gasteiger charge is 2.22. The molecule has 2 aromatic carbocycles. The van der Waals surface area contributed by atoms with Crippen LogP contribution in [0.3, 0.4) is 0 Å². The number of hydrogen-bond acceptors (Lipinski definition) is 4. The van der Waals surface area contributed by atoms with Gasteiger partial charge in [0.25, 0.3) is 0 Å². The Balaban J connectivity index is 0.00000272. The molecular formula is C26H37Cl3N2O2. The van der Waals surface area contributed by atoms with Crippen molar-refractivity contribution in [2.45, 2.75) is 32.8 Å². The summed E-state index contributed by atoms with van der Waals surface area (Å²) in [4.78, 5) is 17.3. The van der Waals surface area contributed by atoms with Crippen LogP contribution < -0.4 is 0 Å². The van der Waals surface area contributed by atoms with E-state index in [1.165, 1.54) is 5.56 Å². The minimum Gasteiger partial charge on any atom is -0.372 e. The molecule has 1 atom stereocenters. The van der Waals surface area contributed by atoms with E-state index in [9.17, 15) is 4.79 Å². The predicted octanol–water partition coefficient (Wildman–Crippen LogP) is 6.18. The summed E-state index contributed by atoms with van der Waals surface area (Å²) in [6, 6.07) is 17.7. The molecule has 0 saturated carbocycles. The fourth-order valence-corrected chi connectivity index (χ4v) is 3.96. The van der Waals surface area contributed by atoms with Crippen molar-refractivity contribution in [3.63, 3.8) is 0 Å². The van der Waals surface area contributed by atoms with Gasteiger partial charge in [0.1, 0.15) is 0 Å². The SMILES string of the molecule is CC(C)CCOC(CN1CCN(CCC(=O)c2ccc(Cl)cc2)CC1)c1ccccc1.Cl.Cl. The highest BCUT2D eigenvalue weighted by molar-refractivity contribution is 6.30. The van der Waals surface area contributed by atoms with Crippen LogP contribution in [-0.4, -0.2) is 61.5 Å². The quantitative estimate of drug-likeness (QED) is 0.335. The number of benzene rings is 2. The Hall–Kier alpha value is -1.14. The highest BCUT2D eigenvalue weighted by Crippen LogP contribution is 2.21. The third-order valence-electron chi connectivity index (χ3n) is 5.90. The molecule has 0 amide bonds. The van der Waals surface area contributed by atoms with E-state index in [4.69, 9.17) is 16.3 Å². The van der Waals surface area contributed by atoms with Crippen LogP contribution in [0.4, 0.5) is 0 Å². The number of carbonyl (C=O) groups is 1. The number of Topliss-reactive ketones (excluding diaryl/α,β-unsaturated/α-hetero) is 1. The first-order valence-electron chi connectivity index (χ1n) is 11.4. The van der Waals surface area contributed by atoms with Gasteiger partial charge in [-0.3, -0.25) is 9.69 Å². The van der Waals surface area contributed by atoms with E-state index in [1.54, 1.807) is 12.1 Å². The number of hydrogen-bond donors (Lipinski definition) is 0. The molecule has 1 aliphatic heterocycles. The summed E-state index contributed by atoms with van der Waals surface area (Å²) >= 11 is 5.91. The molecule has 7 heteroatoms. The zero-order chi connectivity index (χ0) is 22.1. The summed E-state index contributed by atoms with van der Waals surface area (Å²) in [5.74, 6) is 0.831. The number of halogens is 3. The standard InChI is InChI=1S/C26H35ClN2O2.2ClH/c1-21(2)13-19-31-26(23-6-4-3-5-7-23)20-29-17-15-28(16-18-29)14-12-25(30)22-8-10-24(27)11-9-22;;/h3-11,21,26H,12-20H2,1-2H3;2*1H. The Labute approximate surface area is 216 Å². The first kappa shape index (κ1) is 29.9. The molecule has 0 bridgehead atoms. The van der Waals surface area contributed by atoms with Crippen LogP contribution in [0.5, 0.6) is 0 Å². The average molecular weight is 516 g/mol. The van der Waals surface area contributed by atoms with Crippen LogP contribution in [0.25, 0.3) is 0 Å². The second-order valence-corrected chi connectivity index (χ2v) is 9.21. The zero-order valence-corrected chi connectivity index (χ0v) is 22.0. The molecule has 0 aliphatic carbocycles. The molecular weight excluding hydrogens is 479 g/mol. The maximum atomic E-state index is 12.4. The maximum absolute atomic E-state index is 12.4. The number of nitrogens with zero attached hydrogens (tertiary/aromatic N) is 2. The van der Waals surface area contributed by atoms with Gasteiger partial charge in [-0.15, -0.1) is 24.8 Å². The maximum Gasteiger partial charge on any atom is 0.164 e. The zero-order valence-electron chi connectivity index (χ0n) is 19.6. The van der Waals surface area contributed by atoms with Gasteiger partial charge < -0.3 is 9.64 Å². The van der Waals surface area contributed by atoms with Gasteiger partial charge in [0.05, 0.1) is 6.10 Å². The third kappa shape index (κ3) is 10.3. The summed E-state index contributed by atoms with van der Waals surface area (Å²) < 4.78 is 6.30. The van der Waals surface area contributed by atoms with E-state index >= 15 is 0 Å². The number of ether oxygens (including phenoxy) is 1. The van der Waals surface area contributed by atoms with E-state index in [1.807, 2.05) is 12.1 Å². The summed E-state index contributed by atoms with van der Waals surface area (Å²) in [5, 5.41) is 0.662. The molecule has 33 heavy (non-hydrogen) atoms. The van der Waals surface area contributed by atoms with Crippen molar-refractivity contribution in [2.24, 2.45) is 5.92 Å². The van der Waals surface area contributed by atoms with Gasteiger partial charge >= 0.3 is 0 Å². The lowest BCUT2D eigenvalue weighted by Gasteiger charge is -2.36. The molecule has 0 aromatic heterocycles. The lowest BCUT2D eigenvalue weighted by molar-refractivity contribution is 0.00799. The lowest BCUT2D eigenvalue weighted by atomic mass is 10.1. The van der Waals surface area contributed by atoms with Crippen LogP contribution >= 0.6 is 36.4 Å². The topological polar surface area (TPSA) is 32.8 Å². The molecule has 1 aliphatic rings. The smallest absolute Gasteiger partial charge is 0.164 e. The van der Waals surface area contributed by atoms with Gasteiger partial charge in [-0.1, -0.05) is 55.8 Å². The Kier molecular flexibility index (Phi) is 14.2.